The summed E-state index contributed by atoms with van der Waals surface area (Å²) in [5, 5.41) is 5.63. The van der Waals surface area contributed by atoms with Crippen molar-refractivity contribution in [2.75, 3.05) is 7.05 Å². The van der Waals surface area contributed by atoms with E-state index in [0.29, 0.717) is 19.4 Å². The molecule has 0 aromatic carbocycles. The number of amides is 2. The van der Waals surface area contributed by atoms with E-state index in [2.05, 4.69) is 15.6 Å². The first-order valence-electron chi connectivity index (χ1n) is 11.1. The molecule has 0 aliphatic rings. The first-order chi connectivity index (χ1) is 13.7. The van der Waals surface area contributed by atoms with Crippen LogP contribution in [0.4, 0.5) is 0 Å². The van der Waals surface area contributed by atoms with Crippen molar-refractivity contribution in [2.24, 2.45) is 0 Å². The highest BCUT2D eigenvalue weighted by atomic mass is 16.2. The Morgan fingerprint density at radius 3 is 1.61 bits per heavy atom. The van der Waals surface area contributed by atoms with E-state index in [0.717, 1.165) is 24.8 Å². The lowest BCUT2D eigenvalue weighted by Crippen LogP contribution is -2.22. The van der Waals surface area contributed by atoms with Crippen LogP contribution in [0.15, 0.2) is 24.5 Å². The van der Waals surface area contributed by atoms with Crippen LogP contribution in [0.25, 0.3) is 0 Å². The van der Waals surface area contributed by atoms with Gasteiger partial charge in [-0.05, 0) is 30.5 Å². The van der Waals surface area contributed by atoms with Crippen LogP contribution in [-0.2, 0) is 16.1 Å². The third-order valence-electron chi connectivity index (χ3n) is 5.08. The first-order valence-corrected chi connectivity index (χ1v) is 11.1. The van der Waals surface area contributed by atoms with Crippen molar-refractivity contribution in [3.8, 4) is 0 Å². The van der Waals surface area contributed by atoms with Crippen molar-refractivity contribution in [3.05, 3.63) is 30.1 Å². The molecule has 1 rings (SSSR count). The molecule has 5 nitrogen and oxygen atoms in total. The fourth-order valence-corrected chi connectivity index (χ4v) is 3.25. The lowest BCUT2D eigenvalue weighted by atomic mass is 10.0. The molecule has 0 bridgehead atoms. The lowest BCUT2D eigenvalue weighted by molar-refractivity contribution is -0.121. The highest BCUT2D eigenvalue weighted by Crippen LogP contribution is 2.13. The van der Waals surface area contributed by atoms with Gasteiger partial charge >= 0.3 is 0 Å². The Morgan fingerprint density at radius 2 is 1.14 bits per heavy atom. The van der Waals surface area contributed by atoms with E-state index in [4.69, 9.17) is 0 Å². The van der Waals surface area contributed by atoms with Crippen LogP contribution in [0.5, 0.6) is 0 Å². The van der Waals surface area contributed by atoms with Gasteiger partial charge in [0.2, 0.25) is 11.8 Å². The zero-order valence-electron chi connectivity index (χ0n) is 17.7. The molecular formula is C23H39N3O2. The Morgan fingerprint density at radius 1 is 0.714 bits per heavy atom. The molecule has 0 radical (unpaired) electrons. The molecule has 0 saturated carbocycles. The van der Waals surface area contributed by atoms with Crippen molar-refractivity contribution in [2.45, 2.75) is 96.4 Å². The summed E-state index contributed by atoms with van der Waals surface area (Å²) in [5.74, 6) is 0.303. The number of hydrogen-bond donors (Lipinski definition) is 2. The molecule has 0 spiro atoms. The minimum absolute atomic E-state index is 0.145. The average Bonchev–Trinajstić information content (AvgIpc) is 2.73. The minimum Gasteiger partial charge on any atom is -0.359 e. The summed E-state index contributed by atoms with van der Waals surface area (Å²) >= 11 is 0. The highest BCUT2D eigenvalue weighted by Gasteiger charge is 2.01. The molecule has 0 unspecified atom stereocenters. The number of carbonyl (C=O) groups is 2. The van der Waals surface area contributed by atoms with Crippen LogP contribution in [0.2, 0.25) is 0 Å². The van der Waals surface area contributed by atoms with Gasteiger partial charge in [-0.25, -0.2) is 0 Å². The number of nitrogens with one attached hydrogen (secondary N) is 2. The molecule has 0 atom stereocenters. The zero-order valence-corrected chi connectivity index (χ0v) is 17.7. The van der Waals surface area contributed by atoms with Gasteiger partial charge in [-0.2, -0.15) is 0 Å². The molecule has 1 heterocycles. The summed E-state index contributed by atoms with van der Waals surface area (Å²) in [5.41, 5.74) is 1.09. The van der Waals surface area contributed by atoms with Gasteiger partial charge in [0.25, 0.3) is 0 Å². The second-order valence-electron chi connectivity index (χ2n) is 7.55. The summed E-state index contributed by atoms with van der Waals surface area (Å²) < 4.78 is 0. The summed E-state index contributed by atoms with van der Waals surface area (Å²) in [7, 11) is 1.70. The van der Waals surface area contributed by atoms with Crippen LogP contribution in [0.1, 0.15) is 95.5 Å². The fraction of sp³-hybridized carbons (Fsp3) is 0.696. The Bertz CT molecular complexity index is 520. The molecule has 0 aliphatic carbocycles. The van der Waals surface area contributed by atoms with Gasteiger partial charge in [0.15, 0.2) is 0 Å². The standard InChI is InChI=1S/C23H39N3O2/c1-24-22(27)14-12-10-8-6-4-2-3-5-7-9-11-13-15-23(28)26-20-21-16-18-25-19-17-21/h16-19H,2-15,20H2,1H3,(H,24,27)(H,26,28). The van der Waals surface area contributed by atoms with Crippen LogP contribution in [0.3, 0.4) is 0 Å². The lowest BCUT2D eigenvalue weighted by Gasteiger charge is -2.05. The Kier molecular flexibility index (Phi) is 14.8. The highest BCUT2D eigenvalue weighted by molar-refractivity contribution is 5.75. The number of hydrogen-bond acceptors (Lipinski definition) is 3. The first kappa shape index (κ1) is 24.1. The van der Waals surface area contributed by atoms with Gasteiger partial charge in [-0.1, -0.05) is 64.2 Å². The SMILES string of the molecule is CNC(=O)CCCCCCCCCCCCCCC(=O)NCc1ccncc1. The van der Waals surface area contributed by atoms with Crippen LogP contribution < -0.4 is 10.6 Å². The predicted molar refractivity (Wildman–Crippen MR) is 115 cm³/mol. The Balaban J connectivity index is 1.78. The molecule has 28 heavy (non-hydrogen) atoms. The van der Waals surface area contributed by atoms with Crippen molar-refractivity contribution < 1.29 is 9.59 Å². The number of pyridine rings is 1. The quantitative estimate of drug-likeness (QED) is 0.372. The van der Waals surface area contributed by atoms with Gasteiger partial charge in [0.1, 0.15) is 0 Å². The summed E-state index contributed by atoms with van der Waals surface area (Å²) in [4.78, 5) is 26.9. The smallest absolute Gasteiger partial charge is 0.220 e. The third kappa shape index (κ3) is 14.2. The number of carbonyl (C=O) groups excluding carboxylic acids is 2. The molecule has 0 fully saturated rings. The van der Waals surface area contributed by atoms with Crippen molar-refractivity contribution in [3.63, 3.8) is 0 Å². The van der Waals surface area contributed by atoms with E-state index < -0.39 is 0 Å². The Hall–Kier alpha value is -1.91. The van der Waals surface area contributed by atoms with Crippen molar-refractivity contribution in [1.82, 2.24) is 15.6 Å². The zero-order chi connectivity index (χ0) is 20.3. The molecule has 0 aliphatic heterocycles. The third-order valence-corrected chi connectivity index (χ3v) is 5.08. The van der Waals surface area contributed by atoms with Crippen LogP contribution in [-0.4, -0.2) is 23.8 Å². The fourth-order valence-electron chi connectivity index (χ4n) is 3.25. The molecule has 0 saturated heterocycles. The number of nitrogens with zero attached hydrogens (tertiary/aromatic N) is 1. The van der Waals surface area contributed by atoms with Gasteiger partial charge in [-0.15, -0.1) is 0 Å². The molecule has 5 heteroatoms. The monoisotopic (exact) mass is 389 g/mol. The molecule has 1 aromatic heterocycles. The maximum Gasteiger partial charge on any atom is 0.220 e. The van der Waals surface area contributed by atoms with Gasteiger partial charge in [0, 0.05) is 38.8 Å². The van der Waals surface area contributed by atoms with E-state index in [9.17, 15) is 9.59 Å². The van der Waals surface area contributed by atoms with Crippen molar-refractivity contribution in [1.29, 1.82) is 0 Å². The molecule has 158 valence electrons. The molecule has 2 N–H and O–H groups in total. The predicted octanol–water partition coefficient (Wildman–Crippen LogP) is 4.91. The van der Waals surface area contributed by atoms with Crippen LogP contribution in [0, 0.1) is 0 Å². The van der Waals surface area contributed by atoms with E-state index in [1.165, 1.54) is 57.8 Å². The second kappa shape index (κ2) is 17.2. The maximum absolute atomic E-state index is 11.8. The summed E-state index contributed by atoms with van der Waals surface area (Å²) in [6.07, 6.45) is 19.4. The van der Waals surface area contributed by atoms with Gasteiger partial charge in [0.05, 0.1) is 0 Å². The van der Waals surface area contributed by atoms with E-state index in [-0.39, 0.29) is 11.8 Å². The van der Waals surface area contributed by atoms with Gasteiger partial charge < -0.3 is 10.6 Å². The Labute approximate surface area is 171 Å². The topological polar surface area (TPSA) is 71.1 Å². The van der Waals surface area contributed by atoms with E-state index >= 15 is 0 Å². The van der Waals surface area contributed by atoms with Gasteiger partial charge in [-0.3, -0.25) is 14.6 Å². The summed E-state index contributed by atoms with van der Waals surface area (Å²) in [6.45, 7) is 0.593. The molecule has 1 aromatic rings. The second-order valence-corrected chi connectivity index (χ2v) is 7.55. The van der Waals surface area contributed by atoms with Crippen LogP contribution >= 0.6 is 0 Å². The normalized spacial score (nSPS) is 10.6. The molecule has 2 amide bonds. The minimum atomic E-state index is 0.145. The van der Waals surface area contributed by atoms with E-state index in [1.54, 1.807) is 19.4 Å². The summed E-state index contributed by atoms with van der Waals surface area (Å²) in [6, 6.07) is 3.85. The number of aromatic nitrogens is 1. The number of unbranched alkanes of at least 4 members (excludes halogenated alkanes) is 11. The average molecular weight is 390 g/mol. The maximum atomic E-state index is 11.8. The largest absolute Gasteiger partial charge is 0.359 e. The van der Waals surface area contributed by atoms with Crippen molar-refractivity contribution >= 4 is 11.8 Å². The number of rotatable bonds is 17. The molecular weight excluding hydrogens is 350 g/mol. The van der Waals surface area contributed by atoms with E-state index in [1.807, 2.05) is 12.1 Å².